The Balaban J connectivity index is 2.07. The van der Waals surface area contributed by atoms with Crippen molar-refractivity contribution in [1.29, 1.82) is 10.5 Å². The third-order valence-electron chi connectivity index (χ3n) is 7.90. The maximum absolute atomic E-state index is 14.3. The predicted octanol–water partition coefficient (Wildman–Crippen LogP) is 5.94. The molecule has 1 amide bonds. The van der Waals surface area contributed by atoms with Crippen LogP contribution in [-0.2, 0) is 13.8 Å². The molecule has 256 valence electrons. The number of nitrogens with zero attached hydrogens (tertiary/aromatic N) is 8. The molecule has 0 aliphatic carbocycles. The Labute approximate surface area is 281 Å². The van der Waals surface area contributed by atoms with Crippen molar-refractivity contribution in [3.8, 4) is 12.1 Å². The summed E-state index contributed by atoms with van der Waals surface area (Å²) in [5, 5.41) is 32.4. The number of halogens is 1. The van der Waals surface area contributed by atoms with Crippen LogP contribution in [0.2, 0.25) is 0 Å². The smallest absolute Gasteiger partial charge is 0.421 e. The fourth-order valence-corrected chi connectivity index (χ4v) is 4.93. The van der Waals surface area contributed by atoms with E-state index in [1.165, 1.54) is 42.2 Å². The van der Waals surface area contributed by atoms with Crippen molar-refractivity contribution < 1.29 is 32.8 Å². The summed E-state index contributed by atoms with van der Waals surface area (Å²) in [7, 11) is -5.05. The number of anilines is 2. The van der Waals surface area contributed by atoms with Crippen LogP contribution in [0.3, 0.4) is 0 Å². The van der Waals surface area contributed by atoms with Crippen LogP contribution >= 0.6 is 7.82 Å². The highest BCUT2D eigenvalue weighted by atomic mass is 31.2. The number of carbonyl (C=O) groups is 1. The van der Waals surface area contributed by atoms with E-state index in [0.29, 0.717) is 23.2 Å². The molecule has 0 aliphatic heterocycles. The number of hydrogen-bond acceptors (Lipinski definition) is 11. The van der Waals surface area contributed by atoms with Gasteiger partial charge < -0.3 is 19.8 Å². The number of nitriles is 2. The number of aromatic nitrogens is 5. The summed E-state index contributed by atoms with van der Waals surface area (Å²) in [6.07, 6.45) is 2.16. The number of phosphoric ester groups is 1. The van der Waals surface area contributed by atoms with Gasteiger partial charge in [0.2, 0.25) is 12.7 Å². The number of amides is 1. The molecule has 49 heavy (non-hydrogen) atoms. The number of pyridine rings is 2. The Morgan fingerprint density at radius 1 is 1.22 bits per heavy atom. The van der Waals surface area contributed by atoms with Crippen LogP contribution in [0.5, 0.6) is 0 Å². The minimum atomic E-state index is -5.05. The Kier molecular flexibility index (Phi) is 10.8. The molecule has 4 aromatic rings. The van der Waals surface area contributed by atoms with Crippen molar-refractivity contribution >= 4 is 41.9 Å². The Hall–Kier alpha value is -5.25. The van der Waals surface area contributed by atoms with Crippen molar-refractivity contribution in [2.24, 2.45) is 5.41 Å². The van der Waals surface area contributed by atoms with Gasteiger partial charge in [-0.05, 0) is 43.9 Å². The first-order valence-corrected chi connectivity index (χ1v) is 16.4. The fraction of sp³-hybridized carbons (Fsp3) is 0.344. The molecule has 0 spiro atoms. The van der Waals surface area contributed by atoms with Gasteiger partial charge >= 0.3 is 13.9 Å². The third-order valence-corrected chi connectivity index (χ3v) is 8.35. The molecule has 0 aliphatic rings. The average Bonchev–Trinajstić information content (AvgIpc) is 3.52. The van der Waals surface area contributed by atoms with Crippen LogP contribution in [-0.4, -0.2) is 53.7 Å². The Morgan fingerprint density at radius 2 is 1.92 bits per heavy atom. The van der Waals surface area contributed by atoms with Crippen LogP contribution in [0.25, 0.3) is 16.6 Å². The lowest BCUT2D eigenvalue weighted by Crippen LogP contribution is -2.37. The topological polar surface area (TPSA) is 212 Å². The molecule has 3 N–H and O–H groups in total. The Morgan fingerprint density at radius 3 is 2.51 bits per heavy atom. The van der Waals surface area contributed by atoms with Gasteiger partial charge in [-0.15, -0.1) is 5.10 Å². The van der Waals surface area contributed by atoms with E-state index in [4.69, 9.17) is 4.74 Å². The molecule has 0 fully saturated rings. The molecule has 1 aromatic carbocycles. The van der Waals surface area contributed by atoms with E-state index in [2.05, 4.69) is 48.8 Å². The maximum atomic E-state index is 14.3. The zero-order valence-electron chi connectivity index (χ0n) is 27.7. The van der Waals surface area contributed by atoms with E-state index < -0.39 is 32.7 Å². The second-order valence-electron chi connectivity index (χ2n) is 12.1. The molecule has 2 unspecified atom stereocenters. The summed E-state index contributed by atoms with van der Waals surface area (Å²) < 4.78 is 36.7. The average molecular weight is 692 g/mol. The molecule has 0 saturated carbocycles. The normalized spacial score (nSPS) is 12.9. The highest BCUT2D eigenvalue weighted by Crippen LogP contribution is 2.40. The molecule has 0 radical (unpaired) electrons. The highest BCUT2D eigenvalue weighted by molar-refractivity contribution is 7.46. The van der Waals surface area contributed by atoms with E-state index >= 15 is 0 Å². The van der Waals surface area contributed by atoms with Crippen LogP contribution in [0.4, 0.5) is 20.6 Å². The molecular weight excluding hydrogens is 656 g/mol. The zero-order chi connectivity index (χ0) is 36.3. The first-order chi connectivity index (χ1) is 23.0. The van der Waals surface area contributed by atoms with Crippen molar-refractivity contribution in [2.45, 2.75) is 60.0 Å². The lowest BCUT2D eigenvalue weighted by Gasteiger charge is -2.32. The number of carbonyl (C=O) groups excluding carboxylic acids is 1. The van der Waals surface area contributed by atoms with Gasteiger partial charge in [0, 0.05) is 34.6 Å². The molecule has 3 heterocycles. The molecule has 17 heteroatoms. The maximum Gasteiger partial charge on any atom is 0.472 e. The lowest BCUT2D eigenvalue weighted by molar-refractivity contribution is 0.0427. The molecule has 15 nitrogen and oxygen atoms in total. The number of aryl methyl sites for hydroxylation is 1. The lowest BCUT2D eigenvalue weighted by atomic mass is 9.87. The minimum absolute atomic E-state index is 0.0171. The van der Waals surface area contributed by atoms with Crippen molar-refractivity contribution in [2.75, 3.05) is 17.0 Å². The largest absolute Gasteiger partial charge is 0.472 e. The van der Waals surface area contributed by atoms with Gasteiger partial charge in [0.25, 0.3) is 0 Å². The number of ether oxygens (including phenoxy) is 1. The monoisotopic (exact) mass is 691 g/mol. The highest BCUT2D eigenvalue weighted by Gasteiger charge is 2.35. The van der Waals surface area contributed by atoms with Gasteiger partial charge in [-0.25, -0.2) is 23.5 Å². The number of hydrogen-bond donors (Lipinski definition) is 3. The van der Waals surface area contributed by atoms with Gasteiger partial charge in [0.05, 0.1) is 34.2 Å². The van der Waals surface area contributed by atoms with Gasteiger partial charge in [0.15, 0.2) is 0 Å². The second kappa shape index (κ2) is 14.5. The first kappa shape index (κ1) is 36.6. The number of nitrogens with one attached hydrogen (secondary N) is 1. The fourth-order valence-electron chi connectivity index (χ4n) is 4.74. The number of benzene rings is 1. The number of allylic oxidation sites excluding steroid dienone is 1. The molecular formula is C32H35FN9O6P. The first-order valence-electron chi connectivity index (χ1n) is 14.9. The van der Waals surface area contributed by atoms with Crippen LogP contribution < -0.4 is 10.2 Å². The quantitative estimate of drug-likeness (QED) is 0.0945. The number of phosphoric acid groups is 1. The third kappa shape index (κ3) is 8.25. The SMILES string of the molecule is C=C(CC)n1cc(C(c2ccc(F)nc2C)N(C(=O)OCOP(=O)(O)O)c2cc(C#N)c3ncc(C#N)c(NC(C)C(C)(C)C)c3c2)nn1. The predicted molar refractivity (Wildman–Crippen MR) is 177 cm³/mol. The standard InChI is InChI=1S/C32H35FN9O6P/c1-8-18(2)41-16-26(39-40-41)30(24-9-10-27(33)37-19(24)3)42(31(43)47-17-48-49(44,45)46)23-11-21(13-34)28-25(12-23)29(22(14-35)15-36-28)38-20(4)32(5,6)7/h9-12,15-16,20,30H,2,8,17H2,1,3-7H3,(H,36,38)(H2,44,45,46). The van der Waals surface area contributed by atoms with E-state index in [9.17, 15) is 34.1 Å². The van der Waals surface area contributed by atoms with Crippen LogP contribution in [0, 0.1) is 40.9 Å². The van der Waals surface area contributed by atoms with Crippen molar-refractivity contribution in [3.05, 3.63) is 77.3 Å². The molecule has 3 aromatic heterocycles. The molecule has 0 bridgehead atoms. The summed E-state index contributed by atoms with van der Waals surface area (Å²) in [6.45, 7) is 14.1. The van der Waals surface area contributed by atoms with Crippen LogP contribution in [0.15, 0.2) is 43.2 Å². The van der Waals surface area contributed by atoms with Crippen molar-refractivity contribution in [3.63, 3.8) is 0 Å². The van der Waals surface area contributed by atoms with Crippen LogP contribution in [0.1, 0.15) is 75.2 Å². The zero-order valence-corrected chi connectivity index (χ0v) is 28.6. The summed E-state index contributed by atoms with van der Waals surface area (Å²) >= 11 is 0. The summed E-state index contributed by atoms with van der Waals surface area (Å²) in [4.78, 5) is 41.9. The van der Waals surface area contributed by atoms with E-state index in [1.54, 1.807) is 0 Å². The van der Waals surface area contributed by atoms with E-state index in [-0.39, 0.29) is 50.7 Å². The molecule has 2 atom stereocenters. The summed E-state index contributed by atoms with van der Waals surface area (Å²) in [5.41, 5.74) is 1.66. The summed E-state index contributed by atoms with van der Waals surface area (Å²) in [6, 6.07) is 8.12. The molecule has 0 saturated heterocycles. The Bertz CT molecular complexity index is 2040. The summed E-state index contributed by atoms with van der Waals surface area (Å²) in [5.74, 6) is -0.788. The molecule has 4 rings (SSSR count). The van der Waals surface area contributed by atoms with Crippen molar-refractivity contribution in [1.82, 2.24) is 25.0 Å². The van der Waals surface area contributed by atoms with Gasteiger partial charge in [-0.2, -0.15) is 14.9 Å². The van der Waals surface area contributed by atoms with E-state index in [0.717, 1.165) is 11.0 Å². The minimum Gasteiger partial charge on any atom is -0.421 e. The second-order valence-corrected chi connectivity index (χ2v) is 13.4. The van der Waals surface area contributed by atoms with Gasteiger partial charge in [-0.3, -0.25) is 9.88 Å². The van der Waals surface area contributed by atoms with Gasteiger partial charge in [-0.1, -0.05) is 45.6 Å². The van der Waals surface area contributed by atoms with E-state index in [1.807, 2.05) is 34.6 Å². The number of fused-ring (bicyclic) bond motifs is 1. The number of rotatable bonds is 11. The van der Waals surface area contributed by atoms with Gasteiger partial charge in [0.1, 0.15) is 23.9 Å².